The number of hydrogen-bond donors (Lipinski definition) is 0. The number of amides is 2. The topological polar surface area (TPSA) is 73.6 Å². The Morgan fingerprint density at radius 3 is 2.25 bits per heavy atom. The molecule has 1 aromatic rings. The van der Waals surface area contributed by atoms with E-state index in [2.05, 4.69) is 6.07 Å². The van der Waals surface area contributed by atoms with Crippen molar-refractivity contribution < 1.29 is 14.3 Å². The van der Waals surface area contributed by atoms with E-state index in [0.29, 0.717) is 37.5 Å². The maximum atomic E-state index is 12.8. The fraction of sp³-hybridized carbons (Fsp3) is 0.500. The van der Waals surface area contributed by atoms with Crippen LogP contribution in [0.25, 0.3) is 0 Å². The summed E-state index contributed by atoms with van der Waals surface area (Å²) in [4.78, 5) is 27.7. The fourth-order valence-corrected chi connectivity index (χ4v) is 2.69. The van der Waals surface area contributed by atoms with Crippen molar-refractivity contribution in [1.82, 2.24) is 9.80 Å². The summed E-state index contributed by atoms with van der Waals surface area (Å²) in [6, 6.07) is 9.00. The Bertz CT molecular complexity index is 643. The predicted molar refractivity (Wildman–Crippen MR) is 89.2 cm³/mol. The van der Waals surface area contributed by atoms with Crippen LogP contribution >= 0.6 is 0 Å². The molecule has 1 atom stereocenters. The van der Waals surface area contributed by atoms with Crippen LogP contribution in [0.2, 0.25) is 0 Å². The van der Waals surface area contributed by atoms with Crippen molar-refractivity contribution in [3.05, 3.63) is 29.8 Å². The molecule has 0 aromatic heterocycles. The van der Waals surface area contributed by atoms with Gasteiger partial charge in [-0.25, -0.2) is 0 Å². The van der Waals surface area contributed by atoms with Gasteiger partial charge in [0.25, 0.3) is 5.91 Å². The summed E-state index contributed by atoms with van der Waals surface area (Å²) in [6.07, 6.45) is -0.650. The molecule has 24 heavy (non-hydrogen) atoms. The molecule has 1 fully saturated rings. The molecule has 0 spiro atoms. The average Bonchev–Trinajstić information content (AvgIpc) is 2.59. The first-order chi connectivity index (χ1) is 11.4. The number of nitriles is 1. The number of ether oxygens (including phenoxy) is 1. The molecule has 0 N–H and O–H groups in total. The van der Waals surface area contributed by atoms with E-state index in [-0.39, 0.29) is 17.7 Å². The van der Waals surface area contributed by atoms with Crippen molar-refractivity contribution in [2.75, 3.05) is 26.2 Å². The summed E-state index contributed by atoms with van der Waals surface area (Å²) < 4.78 is 5.89. The van der Waals surface area contributed by atoms with Gasteiger partial charge in [0.15, 0.2) is 6.10 Å². The molecule has 6 nitrogen and oxygen atoms in total. The Morgan fingerprint density at radius 2 is 1.71 bits per heavy atom. The highest BCUT2D eigenvalue weighted by atomic mass is 16.5. The quantitative estimate of drug-likeness (QED) is 0.842. The van der Waals surface area contributed by atoms with Crippen molar-refractivity contribution in [2.45, 2.75) is 26.9 Å². The van der Waals surface area contributed by atoms with Crippen LogP contribution in [-0.2, 0) is 9.59 Å². The number of carbonyl (C=O) groups excluding carboxylic acids is 2. The van der Waals surface area contributed by atoms with Gasteiger partial charge >= 0.3 is 0 Å². The molecule has 6 heteroatoms. The number of nitrogens with zero attached hydrogens (tertiary/aromatic N) is 3. The standard InChI is InChI=1S/C18H23N3O3/c1-13(2)17(24-16-7-5-4-6-15(16)12-19)18(23)21-10-8-20(9-11-21)14(3)22/h4-7,13,17H,8-11H2,1-3H3. The molecule has 0 aliphatic carbocycles. The summed E-state index contributed by atoms with van der Waals surface area (Å²) in [6.45, 7) is 7.47. The van der Waals surface area contributed by atoms with Crippen LogP contribution in [0.1, 0.15) is 26.3 Å². The smallest absolute Gasteiger partial charge is 0.264 e. The molecule has 2 rings (SSSR count). The average molecular weight is 329 g/mol. The number of piperazine rings is 1. The lowest BCUT2D eigenvalue weighted by Gasteiger charge is -2.36. The van der Waals surface area contributed by atoms with Crippen LogP contribution < -0.4 is 4.74 Å². The van der Waals surface area contributed by atoms with Gasteiger partial charge in [0, 0.05) is 33.1 Å². The third kappa shape index (κ3) is 4.05. The lowest BCUT2D eigenvalue weighted by molar-refractivity contribution is -0.145. The van der Waals surface area contributed by atoms with Gasteiger partial charge in [0.1, 0.15) is 11.8 Å². The molecule has 1 aliphatic heterocycles. The predicted octanol–water partition coefficient (Wildman–Crippen LogP) is 1.65. The second-order valence-electron chi connectivity index (χ2n) is 6.22. The highest BCUT2D eigenvalue weighted by Gasteiger charge is 2.32. The summed E-state index contributed by atoms with van der Waals surface area (Å²) >= 11 is 0. The van der Waals surface area contributed by atoms with Crippen LogP contribution in [-0.4, -0.2) is 53.9 Å². The number of hydrogen-bond acceptors (Lipinski definition) is 4. The fourth-order valence-electron chi connectivity index (χ4n) is 2.69. The maximum Gasteiger partial charge on any atom is 0.264 e. The van der Waals surface area contributed by atoms with Crippen molar-refractivity contribution >= 4 is 11.8 Å². The van der Waals surface area contributed by atoms with Crippen LogP contribution in [0.15, 0.2) is 24.3 Å². The number of rotatable bonds is 4. The minimum atomic E-state index is -0.650. The molecule has 1 aliphatic rings. The Balaban J connectivity index is 2.09. The normalized spacial score (nSPS) is 15.8. The highest BCUT2D eigenvalue weighted by molar-refractivity contribution is 5.82. The monoisotopic (exact) mass is 329 g/mol. The van der Waals surface area contributed by atoms with E-state index in [0.717, 1.165) is 0 Å². The minimum Gasteiger partial charge on any atom is -0.479 e. The summed E-state index contributed by atoms with van der Waals surface area (Å²) in [5.74, 6) is 0.326. The van der Waals surface area contributed by atoms with Gasteiger partial charge in [-0.3, -0.25) is 9.59 Å². The number of carbonyl (C=O) groups is 2. The van der Waals surface area contributed by atoms with Gasteiger partial charge in [-0.05, 0) is 18.1 Å². The van der Waals surface area contributed by atoms with Crippen molar-refractivity contribution in [1.29, 1.82) is 5.26 Å². The zero-order valence-electron chi connectivity index (χ0n) is 14.4. The Hall–Kier alpha value is -2.55. The lowest BCUT2D eigenvalue weighted by Crippen LogP contribution is -2.54. The SMILES string of the molecule is CC(=O)N1CCN(C(=O)C(Oc2ccccc2C#N)C(C)C)CC1. The van der Waals surface area contributed by atoms with Gasteiger partial charge in [0.05, 0.1) is 5.56 Å². The van der Waals surface area contributed by atoms with E-state index in [1.807, 2.05) is 13.8 Å². The molecule has 1 saturated heterocycles. The van der Waals surface area contributed by atoms with E-state index >= 15 is 0 Å². The van der Waals surface area contributed by atoms with Gasteiger partial charge in [-0.1, -0.05) is 26.0 Å². The van der Waals surface area contributed by atoms with Crippen LogP contribution in [0.3, 0.4) is 0 Å². The number of benzene rings is 1. The van der Waals surface area contributed by atoms with Gasteiger partial charge in [-0.15, -0.1) is 0 Å². The molecule has 1 heterocycles. The highest BCUT2D eigenvalue weighted by Crippen LogP contribution is 2.22. The van der Waals surface area contributed by atoms with Gasteiger partial charge < -0.3 is 14.5 Å². The zero-order valence-corrected chi connectivity index (χ0v) is 14.4. The largest absolute Gasteiger partial charge is 0.479 e. The van der Waals surface area contributed by atoms with E-state index < -0.39 is 6.10 Å². The maximum absolute atomic E-state index is 12.8. The van der Waals surface area contributed by atoms with Gasteiger partial charge in [-0.2, -0.15) is 5.26 Å². The molecular weight excluding hydrogens is 306 g/mol. The van der Waals surface area contributed by atoms with Crippen molar-refractivity contribution in [3.8, 4) is 11.8 Å². The van der Waals surface area contributed by atoms with Crippen LogP contribution in [0.4, 0.5) is 0 Å². The first kappa shape index (κ1) is 17.8. The molecule has 2 amide bonds. The molecular formula is C18H23N3O3. The van der Waals surface area contributed by atoms with Crippen LogP contribution in [0.5, 0.6) is 5.75 Å². The third-order valence-electron chi connectivity index (χ3n) is 4.15. The second kappa shape index (κ2) is 7.82. The zero-order chi connectivity index (χ0) is 17.7. The molecule has 0 bridgehead atoms. The Labute approximate surface area is 142 Å². The summed E-state index contributed by atoms with van der Waals surface area (Å²) in [7, 11) is 0. The molecule has 0 radical (unpaired) electrons. The third-order valence-corrected chi connectivity index (χ3v) is 4.15. The first-order valence-corrected chi connectivity index (χ1v) is 8.14. The summed E-state index contributed by atoms with van der Waals surface area (Å²) in [5, 5.41) is 9.18. The second-order valence-corrected chi connectivity index (χ2v) is 6.22. The Kier molecular flexibility index (Phi) is 5.80. The molecule has 1 aromatic carbocycles. The number of para-hydroxylation sites is 1. The van der Waals surface area contributed by atoms with Crippen LogP contribution in [0, 0.1) is 17.2 Å². The lowest BCUT2D eigenvalue weighted by atomic mass is 10.0. The minimum absolute atomic E-state index is 0.0294. The van der Waals surface area contributed by atoms with E-state index in [4.69, 9.17) is 4.74 Å². The van der Waals surface area contributed by atoms with E-state index in [1.165, 1.54) is 6.92 Å². The summed E-state index contributed by atoms with van der Waals surface area (Å²) in [5.41, 5.74) is 0.414. The molecule has 1 unspecified atom stereocenters. The van der Waals surface area contributed by atoms with Crippen molar-refractivity contribution in [2.24, 2.45) is 5.92 Å². The van der Waals surface area contributed by atoms with E-state index in [1.54, 1.807) is 34.1 Å². The molecule has 128 valence electrons. The van der Waals surface area contributed by atoms with Crippen molar-refractivity contribution in [3.63, 3.8) is 0 Å². The first-order valence-electron chi connectivity index (χ1n) is 8.14. The van der Waals surface area contributed by atoms with E-state index in [9.17, 15) is 14.9 Å². The van der Waals surface area contributed by atoms with Gasteiger partial charge in [0.2, 0.25) is 5.91 Å². The Morgan fingerprint density at radius 1 is 1.12 bits per heavy atom. The molecule has 0 saturated carbocycles.